The maximum absolute atomic E-state index is 12.2. The molecule has 0 aliphatic heterocycles. The zero-order chi connectivity index (χ0) is 18.4. The number of hydrogen-bond donors (Lipinski definition) is 1. The Labute approximate surface area is 152 Å². The van der Waals surface area contributed by atoms with Gasteiger partial charge in [-0.05, 0) is 43.5 Å². The molecule has 0 spiro atoms. The monoisotopic (exact) mass is 366 g/mol. The molecule has 1 amide bonds. The van der Waals surface area contributed by atoms with E-state index >= 15 is 0 Å². The summed E-state index contributed by atoms with van der Waals surface area (Å²) in [7, 11) is 1.60. The molecule has 1 heterocycles. The van der Waals surface area contributed by atoms with E-state index in [0.717, 1.165) is 22.6 Å². The van der Waals surface area contributed by atoms with Crippen molar-refractivity contribution in [3.63, 3.8) is 0 Å². The molecule has 6 nitrogen and oxygen atoms in total. The van der Waals surface area contributed by atoms with Gasteiger partial charge in [-0.2, -0.15) is 0 Å². The molecule has 1 unspecified atom stereocenters. The van der Waals surface area contributed by atoms with Gasteiger partial charge in [-0.15, -0.1) is 0 Å². The highest BCUT2D eigenvalue weighted by Gasteiger charge is 2.16. The summed E-state index contributed by atoms with van der Waals surface area (Å²) in [5.41, 5.74) is 2.10. The van der Waals surface area contributed by atoms with E-state index in [-0.39, 0.29) is 24.2 Å². The number of nitrogens with one attached hydrogen (secondary N) is 1. The zero-order valence-corrected chi connectivity index (χ0v) is 15.6. The third-order valence-electron chi connectivity index (χ3n) is 3.78. The van der Waals surface area contributed by atoms with E-state index in [1.807, 2.05) is 32.9 Å². The Morgan fingerprint density at radius 3 is 2.60 bits per heavy atom. The van der Waals surface area contributed by atoms with Gasteiger partial charge in [0, 0.05) is 18.2 Å². The number of benzene rings is 1. The highest BCUT2D eigenvalue weighted by atomic mass is 35.5. The Bertz CT molecular complexity index is 707. The van der Waals surface area contributed by atoms with E-state index in [1.54, 1.807) is 13.2 Å². The molecule has 0 saturated carbocycles. The Balaban J connectivity index is 1.96. The molecule has 136 valence electrons. The molecule has 0 aliphatic rings. The summed E-state index contributed by atoms with van der Waals surface area (Å²) in [5, 5.41) is 7.38. The van der Waals surface area contributed by atoms with Crippen molar-refractivity contribution in [2.75, 3.05) is 13.7 Å². The van der Waals surface area contributed by atoms with E-state index in [0.29, 0.717) is 18.1 Å². The van der Waals surface area contributed by atoms with Gasteiger partial charge in [-0.1, -0.05) is 23.7 Å². The molecule has 0 bridgehead atoms. The standard InChI is InChI=1S/C18H23ClN2O4/c1-5-13(9-23-4)20-18(22)16-8-15(25-21-16)10-24-14-6-11(2)17(19)12(3)7-14/h6-8,13H,5,9-10H2,1-4H3,(H,20,22). The number of rotatable bonds is 8. The highest BCUT2D eigenvalue weighted by molar-refractivity contribution is 6.32. The number of methoxy groups -OCH3 is 1. The number of amides is 1. The molecule has 0 radical (unpaired) electrons. The van der Waals surface area contributed by atoms with Crippen molar-refractivity contribution in [1.29, 1.82) is 0 Å². The lowest BCUT2D eigenvalue weighted by atomic mass is 10.1. The van der Waals surface area contributed by atoms with Gasteiger partial charge < -0.3 is 19.3 Å². The molecule has 0 saturated heterocycles. The minimum Gasteiger partial charge on any atom is -0.486 e. The van der Waals surface area contributed by atoms with Crippen LogP contribution in [0.2, 0.25) is 5.02 Å². The predicted octanol–water partition coefficient (Wildman–Crippen LogP) is 3.68. The summed E-state index contributed by atoms with van der Waals surface area (Å²) in [6, 6.07) is 5.23. The molecule has 1 N–H and O–H groups in total. The van der Waals surface area contributed by atoms with Crippen LogP contribution in [0.3, 0.4) is 0 Å². The van der Waals surface area contributed by atoms with E-state index < -0.39 is 0 Å². The quantitative estimate of drug-likeness (QED) is 0.771. The minimum absolute atomic E-state index is 0.0612. The van der Waals surface area contributed by atoms with Crippen LogP contribution in [0.5, 0.6) is 5.75 Å². The summed E-state index contributed by atoms with van der Waals surface area (Å²) in [6.45, 7) is 6.44. The number of carbonyl (C=O) groups is 1. The summed E-state index contributed by atoms with van der Waals surface area (Å²) < 4.78 is 15.9. The fourth-order valence-corrected chi connectivity index (χ4v) is 2.46. The zero-order valence-electron chi connectivity index (χ0n) is 14.9. The van der Waals surface area contributed by atoms with Crippen molar-refractivity contribution in [3.8, 4) is 5.75 Å². The molecule has 0 aliphatic carbocycles. The SMILES string of the molecule is CCC(COC)NC(=O)c1cc(COc2cc(C)c(Cl)c(C)c2)on1. The molecule has 2 aromatic rings. The first kappa shape index (κ1) is 19.3. The molecule has 0 fully saturated rings. The van der Waals surface area contributed by atoms with Gasteiger partial charge in [-0.3, -0.25) is 4.79 Å². The number of aryl methyl sites for hydroxylation is 2. The normalized spacial score (nSPS) is 12.0. The third-order valence-corrected chi connectivity index (χ3v) is 4.37. The number of nitrogens with zero attached hydrogens (tertiary/aromatic N) is 1. The van der Waals surface area contributed by atoms with Crippen LogP contribution in [0.15, 0.2) is 22.7 Å². The Morgan fingerprint density at radius 2 is 2.00 bits per heavy atom. The first-order valence-corrected chi connectivity index (χ1v) is 8.47. The number of halogens is 1. The molecule has 1 aromatic heterocycles. The number of carbonyl (C=O) groups excluding carboxylic acids is 1. The molecule has 1 aromatic carbocycles. The van der Waals surface area contributed by atoms with E-state index in [9.17, 15) is 4.79 Å². The van der Waals surface area contributed by atoms with Crippen molar-refractivity contribution in [3.05, 3.63) is 45.8 Å². The Morgan fingerprint density at radius 1 is 1.32 bits per heavy atom. The molecular formula is C18H23ClN2O4. The second kappa shape index (κ2) is 8.87. The van der Waals surface area contributed by atoms with Crippen LogP contribution >= 0.6 is 11.6 Å². The van der Waals surface area contributed by atoms with Crippen molar-refractivity contribution in [1.82, 2.24) is 10.5 Å². The van der Waals surface area contributed by atoms with Crippen molar-refractivity contribution in [2.45, 2.75) is 39.8 Å². The average molecular weight is 367 g/mol. The summed E-state index contributed by atoms with van der Waals surface area (Å²) >= 11 is 6.14. The number of aromatic nitrogens is 1. The van der Waals surface area contributed by atoms with Gasteiger partial charge in [0.05, 0.1) is 12.6 Å². The smallest absolute Gasteiger partial charge is 0.273 e. The van der Waals surface area contributed by atoms with Crippen LogP contribution in [-0.4, -0.2) is 30.8 Å². The van der Waals surface area contributed by atoms with Crippen LogP contribution in [0, 0.1) is 13.8 Å². The van der Waals surface area contributed by atoms with Crippen LogP contribution in [0.25, 0.3) is 0 Å². The largest absolute Gasteiger partial charge is 0.486 e. The molecule has 2 rings (SSSR count). The lowest BCUT2D eigenvalue weighted by Crippen LogP contribution is -2.37. The van der Waals surface area contributed by atoms with Crippen molar-refractivity contribution >= 4 is 17.5 Å². The van der Waals surface area contributed by atoms with Crippen molar-refractivity contribution < 1.29 is 18.8 Å². The van der Waals surface area contributed by atoms with E-state index in [1.165, 1.54) is 0 Å². The third kappa shape index (κ3) is 5.21. The Kier molecular flexibility index (Phi) is 6.84. The van der Waals surface area contributed by atoms with Crippen LogP contribution in [0.1, 0.15) is 40.7 Å². The van der Waals surface area contributed by atoms with Crippen LogP contribution < -0.4 is 10.1 Å². The summed E-state index contributed by atoms with van der Waals surface area (Å²) in [5.74, 6) is 0.861. The second-order valence-electron chi connectivity index (χ2n) is 5.87. The molecule has 25 heavy (non-hydrogen) atoms. The number of hydrogen-bond acceptors (Lipinski definition) is 5. The lowest BCUT2D eigenvalue weighted by molar-refractivity contribution is 0.0885. The first-order valence-electron chi connectivity index (χ1n) is 8.09. The van der Waals surface area contributed by atoms with Crippen LogP contribution in [-0.2, 0) is 11.3 Å². The van der Waals surface area contributed by atoms with E-state index in [4.69, 9.17) is 25.6 Å². The summed E-state index contributed by atoms with van der Waals surface area (Å²) in [4.78, 5) is 12.2. The van der Waals surface area contributed by atoms with Gasteiger partial charge >= 0.3 is 0 Å². The summed E-state index contributed by atoms with van der Waals surface area (Å²) in [6.07, 6.45) is 0.767. The molecular weight excluding hydrogens is 344 g/mol. The second-order valence-corrected chi connectivity index (χ2v) is 6.25. The highest BCUT2D eigenvalue weighted by Crippen LogP contribution is 2.26. The minimum atomic E-state index is -0.294. The van der Waals surface area contributed by atoms with Gasteiger partial charge in [0.2, 0.25) is 0 Å². The van der Waals surface area contributed by atoms with Gasteiger partial charge in [0.1, 0.15) is 12.4 Å². The van der Waals surface area contributed by atoms with Gasteiger partial charge in [-0.25, -0.2) is 0 Å². The van der Waals surface area contributed by atoms with Crippen LogP contribution in [0.4, 0.5) is 0 Å². The van der Waals surface area contributed by atoms with Crippen molar-refractivity contribution in [2.24, 2.45) is 0 Å². The maximum atomic E-state index is 12.2. The number of ether oxygens (including phenoxy) is 2. The maximum Gasteiger partial charge on any atom is 0.273 e. The topological polar surface area (TPSA) is 73.6 Å². The van der Waals surface area contributed by atoms with E-state index in [2.05, 4.69) is 10.5 Å². The Hall–Kier alpha value is -2.05. The fourth-order valence-electron chi connectivity index (χ4n) is 2.35. The molecule has 1 atom stereocenters. The predicted molar refractivity (Wildman–Crippen MR) is 95.2 cm³/mol. The van der Waals surface area contributed by atoms with Gasteiger partial charge in [0.25, 0.3) is 5.91 Å². The molecule has 7 heteroatoms. The fraction of sp³-hybridized carbons (Fsp3) is 0.444. The average Bonchev–Trinajstić information content (AvgIpc) is 3.06. The lowest BCUT2D eigenvalue weighted by Gasteiger charge is -2.14. The van der Waals surface area contributed by atoms with Gasteiger partial charge in [0.15, 0.2) is 11.5 Å². The first-order chi connectivity index (χ1) is 11.9.